The molecule has 0 aromatic carbocycles. The van der Waals surface area contributed by atoms with E-state index in [9.17, 15) is 4.57 Å². The third-order valence-corrected chi connectivity index (χ3v) is 3.03. The van der Waals surface area contributed by atoms with Crippen LogP contribution in [0.1, 0.15) is 0 Å². The largest absolute Gasteiger partial charge is 0.394 e. The lowest BCUT2D eigenvalue weighted by atomic mass is 10.3. The highest BCUT2D eigenvalue weighted by atomic mass is 31.2. The van der Waals surface area contributed by atoms with Crippen molar-refractivity contribution in [3.8, 4) is 0 Å². The topological polar surface area (TPSA) is 157 Å². The van der Waals surface area contributed by atoms with Gasteiger partial charge in [0.1, 0.15) is 11.9 Å². The van der Waals surface area contributed by atoms with Crippen molar-refractivity contribution in [3.63, 3.8) is 0 Å². The number of aromatic amines is 1. The molecule has 0 aliphatic carbocycles. The van der Waals surface area contributed by atoms with Gasteiger partial charge in [-0.25, -0.2) is 9.97 Å². The van der Waals surface area contributed by atoms with Gasteiger partial charge in [-0.2, -0.15) is 0 Å². The van der Waals surface area contributed by atoms with Crippen molar-refractivity contribution in [2.24, 2.45) is 0 Å². The monoisotopic (exact) mass is 303 g/mol. The molecule has 0 unspecified atom stereocenters. The van der Waals surface area contributed by atoms with Crippen LogP contribution in [0.2, 0.25) is 0 Å². The average molecular weight is 303 g/mol. The Bertz CT molecular complexity index is 691. The molecule has 110 valence electrons. The Kier molecular flexibility index (Phi) is 4.31. The zero-order chi connectivity index (χ0) is 14.8. The first kappa shape index (κ1) is 14.8. The van der Waals surface area contributed by atoms with Crippen LogP contribution in [0.3, 0.4) is 0 Å². The fraction of sp³-hybridized carbons (Fsp3) is 0.444. The van der Waals surface area contributed by atoms with Gasteiger partial charge in [0.25, 0.3) is 0 Å². The Morgan fingerprint density at radius 2 is 2.25 bits per heavy atom. The molecule has 0 fully saturated rings. The molecule has 5 N–H and O–H groups in total. The quantitative estimate of drug-likeness (QED) is 0.417. The summed E-state index contributed by atoms with van der Waals surface area (Å²) in [4.78, 5) is 28.1. The minimum atomic E-state index is -4.30. The molecule has 1 atom stereocenters. The Morgan fingerprint density at radius 1 is 1.50 bits per heavy atom. The number of nitrogens with zero attached hydrogens (tertiary/aromatic N) is 3. The van der Waals surface area contributed by atoms with E-state index in [0.29, 0.717) is 11.2 Å². The maximum absolute atomic E-state index is 10.7. The van der Waals surface area contributed by atoms with E-state index in [4.69, 9.17) is 25.0 Å². The first-order valence-corrected chi connectivity index (χ1v) is 7.40. The van der Waals surface area contributed by atoms with Gasteiger partial charge in [-0.15, -0.1) is 0 Å². The molecule has 0 radical (unpaired) electrons. The van der Waals surface area contributed by atoms with Crippen LogP contribution in [-0.2, 0) is 15.8 Å². The molecule has 0 saturated heterocycles. The maximum Gasteiger partial charge on any atom is 0.350 e. The summed E-state index contributed by atoms with van der Waals surface area (Å²) in [5.74, 6) is 0. The van der Waals surface area contributed by atoms with Gasteiger partial charge in [0, 0.05) is 0 Å². The predicted octanol–water partition coefficient (Wildman–Crippen LogP) is -1.25. The number of aliphatic hydroxyl groups is 1. The summed E-state index contributed by atoms with van der Waals surface area (Å²) in [6.45, 7) is -0.398. The molecule has 0 bridgehead atoms. The molecule has 2 rings (SSSR count). The lowest BCUT2D eigenvalue weighted by molar-refractivity contribution is 0.0188. The Hall–Kier alpha value is -1.58. The van der Waals surface area contributed by atoms with Gasteiger partial charge in [0.15, 0.2) is 11.1 Å². The minimum absolute atomic E-state index is 0.0390. The van der Waals surface area contributed by atoms with E-state index < -0.39 is 26.7 Å². The molecular formula is C9H14N5O5P. The number of imidazole rings is 1. The molecule has 2 heterocycles. The van der Waals surface area contributed by atoms with Crippen LogP contribution in [0, 0.1) is 5.41 Å². The third-order valence-electron chi connectivity index (χ3n) is 2.55. The second-order valence-corrected chi connectivity index (χ2v) is 5.70. The van der Waals surface area contributed by atoms with Gasteiger partial charge in [0.05, 0.1) is 31.9 Å². The molecule has 0 aliphatic rings. The Labute approximate surface area is 112 Å². The van der Waals surface area contributed by atoms with E-state index in [1.54, 1.807) is 0 Å². The molecule has 2 aromatic heterocycles. The number of nitrogens with one attached hydrogen (secondary N) is 2. The lowest BCUT2D eigenvalue weighted by Gasteiger charge is -2.17. The van der Waals surface area contributed by atoms with Crippen molar-refractivity contribution < 1.29 is 24.2 Å². The van der Waals surface area contributed by atoms with Crippen molar-refractivity contribution in [2.45, 2.75) is 12.6 Å². The fourth-order valence-electron chi connectivity index (χ4n) is 1.61. The highest BCUT2D eigenvalue weighted by Crippen LogP contribution is 2.34. The van der Waals surface area contributed by atoms with Gasteiger partial charge in [-0.1, -0.05) is 0 Å². The lowest BCUT2D eigenvalue weighted by Crippen LogP contribution is -2.31. The van der Waals surface area contributed by atoms with Gasteiger partial charge < -0.3 is 29.2 Å². The normalized spacial score (nSPS) is 13.8. The summed E-state index contributed by atoms with van der Waals surface area (Å²) >= 11 is 0. The van der Waals surface area contributed by atoms with E-state index in [-0.39, 0.29) is 12.0 Å². The van der Waals surface area contributed by atoms with Crippen molar-refractivity contribution in [1.82, 2.24) is 19.5 Å². The minimum Gasteiger partial charge on any atom is -0.394 e. The van der Waals surface area contributed by atoms with Gasteiger partial charge in [-0.3, -0.25) is 9.97 Å². The van der Waals surface area contributed by atoms with E-state index in [2.05, 4.69) is 15.0 Å². The number of rotatable bonds is 6. The number of hydrogen-bond donors (Lipinski definition) is 5. The van der Waals surface area contributed by atoms with Crippen LogP contribution < -0.4 is 5.49 Å². The number of ether oxygens (including phenoxy) is 1. The van der Waals surface area contributed by atoms with Crippen LogP contribution in [0.25, 0.3) is 11.2 Å². The SMILES string of the molecule is N=c1c2[nH]cnc2ncn1C[C@@H](CO)OCP(=O)(O)O. The molecule has 0 aliphatic heterocycles. The first-order valence-electron chi connectivity index (χ1n) is 5.61. The highest BCUT2D eigenvalue weighted by molar-refractivity contribution is 7.51. The highest BCUT2D eigenvalue weighted by Gasteiger charge is 2.18. The summed E-state index contributed by atoms with van der Waals surface area (Å²) in [6, 6.07) is 0. The number of hydrogen-bond acceptors (Lipinski definition) is 6. The Balaban J connectivity index is 2.15. The third kappa shape index (κ3) is 3.50. The van der Waals surface area contributed by atoms with E-state index in [0.717, 1.165) is 0 Å². The molecule has 20 heavy (non-hydrogen) atoms. The van der Waals surface area contributed by atoms with Crippen LogP contribution in [0.5, 0.6) is 0 Å². The maximum atomic E-state index is 10.7. The number of aromatic nitrogens is 4. The predicted molar refractivity (Wildman–Crippen MR) is 66.6 cm³/mol. The standard InChI is InChI=1S/C9H14N5O5P/c10-8-7-9(12-3-11-7)13-4-14(8)1-6(2-15)19-5-20(16,17)18/h3-4,6,10,15H,1-2,5H2,(H,11,12)(H2,16,17,18)/t6-/m0/s1. The molecule has 10 nitrogen and oxygen atoms in total. The molecular weight excluding hydrogens is 289 g/mol. The van der Waals surface area contributed by atoms with Crippen LogP contribution in [0.4, 0.5) is 0 Å². The van der Waals surface area contributed by atoms with Gasteiger partial charge >= 0.3 is 7.60 Å². The number of H-pyrrole nitrogens is 1. The van der Waals surface area contributed by atoms with Gasteiger partial charge in [0.2, 0.25) is 0 Å². The zero-order valence-corrected chi connectivity index (χ0v) is 11.2. The van der Waals surface area contributed by atoms with E-state index in [1.807, 2.05) is 0 Å². The van der Waals surface area contributed by atoms with Gasteiger partial charge in [-0.05, 0) is 0 Å². The first-order chi connectivity index (χ1) is 9.40. The van der Waals surface area contributed by atoms with Crippen molar-refractivity contribution in [2.75, 3.05) is 13.0 Å². The van der Waals surface area contributed by atoms with Crippen molar-refractivity contribution in [1.29, 1.82) is 5.41 Å². The smallest absolute Gasteiger partial charge is 0.350 e. The number of aliphatic hydroxyl groups excluding tert-OH is 1. The summed E-state index contributed by atoms with van der Waals surface area (Å²) in [7, 11) is -4.30. The van der Waals surface area contributed by atoms with Crippen LogP contribution >= 0.6 is 7.60 Å². The van der Waals surface area contributed by atoms with Crippen LogP contribution in [-0.4, -0.2) is 53.5 Å². The molecule has 11 heteroatoms. The summed E-state index contributed by atoms with van der Waals surface area (Å²) in [6.07, 6.45) is 1.13. The van der Waals surface area contributed by atoms with Crippen LogP contribution in [0.15, 0.2) is 12.7 Å². The summed E-state index contributed by atoms with van der Waals surface area (Å²) in [5, 5.41) is 17.1. The molecule has 2 aromatic rings. The van der Waals surface area contributed by atoms with Crippen molar-refractivity contribution in [3.05, 3.63) is 18.1 Å². The average Bonchev–Trinajstić information content (AvgIpc) is 2.85. The second kappa shape index (κ2) is 5.81. The van der Waals surface area contributed by atoms with E-state index in [1.165, 1.54) is 17.2 Å². The summed E-state index contributed by atoms with van der Waals surface area (Å²) in [5.41, 5.74) is 0.910. The second-order valence-electron chi connectivity index (χ2n) is 4.11. The van der Waals surface area contributed by atoms with Crippen molar-refractivity contribution >= 4 is 18.8 Å². The molecule has 0 spiro atoms. The number of fused-ring (bicyclic) bond motifs is 1. The summed E-state index contributed by atoms with van der Waals surface area (Å²) < 4.78 is 17.1. The zero-order valence-electron chi connectivity index (χ0n) is 10.3. The fourth-order valence-corrected chi connectivity index (χ4v) is 2.01. The van der Waals surface area contributed by atoms with E-state index >= 15 is 0 Å². The molecule has 0 saturated carbocycles. The Morgan fingerprint density at radius 3 is 2.90 bits per heavy atom. The molecule has 0 amide bonds.